The van der Waals surface area contributed by atoms with Crippen LogP contribution < -0.4 is 15.4 Å². The quantitative estimate of drug-likeness (QED) is 0.152. The molecule has 0 saturated carbocycles. The summed E-state index contributed by atoms with van der Waals surface area (Å²) in [5.41, 5.74) is 2.88. The molecule has 2 aromatic carbocycles. The van der Waals surface area contributed by atoms with Crippen LogP contribution in [0.5, 0.6) is 5.75 Å². The Morgan fingerprint density at radius 3 is 2.53 bits per heavy atom. The van der Waals surface area contributed by atoms with E-state index in [1.165, 1.54) is 12.1 Å². The largest absolute Gasteiger partial charge is 0.484 e. The van der Waals surface area contributed by atoms with Gasteiger partial charge in [0.2, 0.25) is 0 Å². The Morgan fingerprint density at radius 1 is 1.09 bits per heavy atom. The molecule has 3 aromatic rings. The van der Waals surface area contributed by atoms with E-state index in [-0.39, 0.29) is 29.7 Å². The minimum absolute atomic E-state index is 0. The van der Waals surface area contributed by atoms with Gasteiger partial charge in [-0.25, -0.2) is 9.98 Å². The molecular weight excluding hydrogens is 534 g/mol. The minimum atomic E-state index is -4.35. The number of nitrogens with one attached hydrogen (secondary N) is 3. The molecule has 10 heteroatoms. The summed E-state index contributed by atoms with van der Waals surface area (Å²) in [4.78, 5) is 12.4. The van der Waals surface area contributed by atoms with Gasteiger partial charge in [0.05, 0.1) is 17.6 Å². The first-order valence-corrected chi connectivity index (χ1v) is 10.2. The molecule has 0 saturated heterocycles. The lowest BCUT2D eigenvalue weighted by atomic mass is 10.2. The Hall–Kier alpha value is -2.50. The van der Waals surface area contributed by atoms with Crippen LogP contribution in [0, 0.1) is 0 Å². The smallest absolute Gasteiger partial charge is 0.422 e. The number of H-pyrrole nitrogens is 1. The van der Waals surface area contributed by atoms with Crippen molar-refractivity contribution in [3.05, 3.63) is 59.9 Å². The van der Waals surface area contributed by atoms with Gasteiger partial charge in [0.25, 0.3) is 0 Å². The highest BCUT2D eigenvalue weighted by Crippen LogP contribution is 2.19. The van der Waals surface area contributed by atoms with Crippen molar-refractivity contribution in [1.82, 2.24) is 20.6 Å². The number of aryl methyl sites for hydroxylation is 1. The lowest BCUT2D eigenvalue weighted by Gasteiger charge is -2.11. The number of imidazole rings is 1. The Labute approximate surface area is 202 Å². The van der Waals surface area contributed by atoms with Crippen LogP contribution in [0.25, 0.3) is 11.0 Å². The standard InChI is InChI=1S/C22H26F3N5O.HI/c1-2-26-21(27-13-5-8-20-29-18-6-3-4-7-19(18)30-20)28-14-16-9-11-17(12-10-16)31-15-22(23,24)25;/h3-4,6-7,9-12H,2,5,8,13-15H2,1H3,(H,29,30)(H2,26,27,28);1H. The zero-order valence-electron chi connectivity index (χ0n) is 17.7. The van der Waals surface area contributed by atoms with E-state index in [0.717, 1.165) is 48.4 Å². The molecule has 0 radical (unpaired) electrons. The highest BCUT2D eigenvalue weighted by Gasteiger charge is 2.28. The van der Waals surface area contributed by atoms with Crippen molar-refractivity contribution < 1.29 is 17.9 Å². The van der Waals surface area contributed by atoms with Crippen molar-refractivity contribution in [3.63, 3.8) is 0 Å². The minimum Gasteiger partial charge on any atom is -0.484 e. The molecule has 0 bridgehead atoms. The van der Waals surface area contributed by atoms with Gasteiger partial charge in [-0.15, -0.1) is 24.0 Å². The summed E-state index contributed by atoms with van der Waals surface area (Å²) in [7, 11) is 0. The molecule has 3 N–H and O–H groups in total. The number of ether oxygens (including phenoxy) is 1. The van der Waals surface area contributed by atoms with Gasteiger partial charge in [-0.1, -0.05) is 24.3 Å². The third kappa shape index (κ3) is 8.56. The van der Waals surface area contributed by atoms with Gasteiger partial charge in [0.1, 0.15) is 11.6 Å². The Bertz CT molecular complexity index is 956. The molecule has 0 aliphatic heterocycles. The number of hydrogen-bond acceptors (Lipinski definition) is 3. The second-order valence-electron chi connectivity index (χ2n) is 6.97. The molecule has 174 valence electrons. The molecule has 32 heavy (non-hydrogen) atoms. The molecule has 6 nitrogen and oxygen atoms in total. The second-order valence-corrected chi connectivity index (χ2v) is 6.97. The van der Waals surface area contributed by atoms with Crippen molar-refractivity contribution in [3.8, 4) is 5.75 Å². The number of rotatable bonds is 9. The maximum absolute atomic E-state index is 12.2. The highest BCUT2D eigenvalue weighted by molar-refractivity contribution is 14.0. The van der Waals surface area contributed by atoms with Crippen LogP contribution in [-0.4, -0.2) is 41.8 Å². The molecule has 1 heterocycles. The average molecular weight is 561 g/mol. The summed E-state index contributed by atoms with van der Waals surface area (Å²) in [5, 5.41) is 6.48. The van der Waals surface area contributed by atoms with E-state index >= 15 is 0 Å². The summed E-state index contributed by atoms with van der Waals surface area (Å²) >= 11 is 0. The summed E-state index contributed by atoms with van der Waals surface area (Å²) in [5.74, 6) is 1.82. The van der Waals surface area contributed by atoms with Crippen LogP contribution in [-0.2, 0) is 13.0 Å². The number of benzene rings is 2. The van der Waals surface area contributed by atoms with E-state index in [9.17, 15) is 13.2 Å². The lowest BCUT2D eigenvalue weighted by Crippen LogP contribution is -2.37. The summed E-state index contributed by atoms with van der Waals surface area (Å²) in [6.07, 6.45) is -2.64. The predicted octanol–water partition coefficient (Wildman–Crippen LogP) is 4.81. The Kier molecular flexibility index (Phi) is 10.1. The van der Waals surface area contributed by atoms with Crippen molar-refractivity contribution in [2.75, 3.05) is 19.7 Å². The number of hydrogen-bond donors (Lipinski definition) is 3. The van der Waals surface area contributed by atoms with Crippen LogP contribution in [0.15, 0.2) is 53.5 Å². The van der Waals surface area contributed by atoms with E-state index in [1.807, 2.05) is 31.2 Å². The van der Waals surface area contributed by atoms with E-state index < -0.39 is 12.8 Å². The van der Waals surface area contributed by atoms with E-state index in [2.05, 4.69) is 25.6 Å². The number of fused-ring (bicyclic) bond motifs is 1. The van der Waals surface area contributed by atoms with Gasteiger partial charge in [0.15, 0.2) is 12.6 Å². The molecule has 0 spiro atoms. The third-order valence-electron chi connectivity index (χ3n) is 4.41. The zero-order chi connectivity index (χ0) is 22.1. The molecule has 0 amide bonds. The van der Waals surface area contributed by atoms with Crippen molar-refractivity contribution in [1.29, 1.82) is 0 Å². The molecule has 0 aliphatic carbocycles. The van der Waals surface area contributed by atoms with Gasteiger partial charge in [-0.05, 0) is 43.2 Å². The summed E-state index contributed by atoms with van der Waals surface area (Å²) in [6.45, 7) is 2.54. The number of aromatic amines is 1. The maximum atomic E-state index is 12.2. The number of nitrogens with zero attached hydrogens (tertiary/aromatic N) is 2. The Morgan fingerprint density at radius 2 is 1.84 bits per heavy atom. The highest BCUT2D eigenvalue weighted by atomic mass is 127. The molecule has 1 aromatic heterocycles. The first-order valence-electron chi connectivity index (χ1n) is 10.2. The normalized spacial score (nSPS) is 11.8. The summed E-state index contributed by atoms with van der Waals surface area (Å²) < 4.78 is 41.4. The van der Waals surface area contributed by atoms with Gasteiger partial charge in [-0.2, -0.15) is 13.2 Å². The number of aromatic nitrogens is 2. The van der Waals surface area contributed by atoms with Crippen LogP contribution in [0.4, 0.5) is 13.2 Å². The Balaban J connectivity index is 0.00000363. The van der Waals surface area contributed by atoms with Crippen molar-refractivity contribution in [2.45, 2.75) is 32.5 Å². The van der Waals surface area contributed by atoms with Gasteiger partial charge in [-0.3, -0.25) is 0 Å². The van der Waals surface area contributed by atoms with Crippen LogP contribution >= 0.6 is 24.0 Å². The fourth-order valence-electron chi connectivity index (χ4n) is 2.96. The molecular formula is C22H27F3IN5O. The lowest BCUT2D eigenvalue weighted by molar-refractivity contribution is -0.153. The first-order chi connectivity index (χ1) is 14.9. The second kappa shape index (κ2) is 12.5. The number of alkyl halides is 3. The number of aliphatic imine (C=N–C) groups is 1. The van der Waals surface area contributed by atoms with E-state index in [0.29, 0.717) is 12.5 Å². The number of para-hydroxylation sites is 2. The first kappa shape index (κ1) is 25.8. The van der Waals surface area contributed by atoms with Crippen molar-refractivity contribution in [2.24, 2.45) is 4.99 Å². The van der Waals surface area contributed by atoms with Gasteiger partial charge < -0.3 is 20.4 Å². The average Bonchev–Trinajstić information content (AvgIpc) is 3.16. The fraction of sp³-hybridized carbons (Fsp3) is 0.364. The van der Waals surface area contributed by atoms with Gasteiger partial charge >= 0.3 is 6.18 Å². The number of guanidine groups is 1. The molecule has 0 fully saturated rings. The zero-order valence-corrected chi connectivity index (χ0v) is 20.0. The molecule has 0 aliphatic rings. The van der Waals surface area contributed by atoms with E-state index in [1.54, 1.807) is 12.1 Å². The molecule has 3 rings (SSSR count). The van der Waals surface area contributed by atoms with E-state index in [4.69, 9.17) is 4.74 Å². The summed E-state index contributed by atoms with van der Waals surface area (Å²) in [6, 6.07) is 14.4. The van der Waals surface area contributed by atoms with Crippen molar-refractivity contribution >= 4 is 41.0 Å². The SMILES string of the molecule is CCNC(=NCc1ccc(OCC(F)(F)F)cc1)NCCCc1nc2ccccc2[nH]1.I. The van der Waals surface area contributed by atoms with Crippen LogP contribution in [0.2, 0.25) is 0 Å². The maximum Gasteiger partial charge on any atom is 0.422 e. The fourth-order valence-corrected chi connectivity index (χ4v) is 2.96. The molecule has 0 unspecified atom stereocenters. The number of halogens is 4. The monoisotopic (exact) mass is 561 g/mol. The molecule has 0 atom stereocenters. The predicted molar refractivity (Wildman–Crippen MR) is 131 cm³/mol. The third-order valence-corrected chi connectivity index (χ3v) is 4.41. The van der Waals surface area contributed by atoms with Gasteiger partial charge in [0, 0.05) is 19.5 Å². The topological polar surface area (TPSA) is 74.3 Å². The van der Waals surface area contributed by atoms with Crippen LogP contribution in [0.3, 0.4) is 0 Å². The van der Waals surface area contributed by atoms with Crippen LogP contribution in [0.1, 0.15) is 24.7 Å².